The van der Waals surface area contributed by atoms with Gasteiger partial charge in [-0.15, -0.1) is 0 Å². The van der Waals surface area contributed by atoms with Gasteiger partial charge in [-0.2, -0.15) is 0 Å². The SMILES string of the molecule is Cc1ccc(C(=O)c2ccccc2C(=O)NCCCCC(=O)O)cc1C. The average molecular weight is 353 g/mol. The lowest BCUT2D eigenvalue weighted by Crippen LogP contribution is -2.26. The summed E-state index contributed by atoms with van der Waals surface area (Å²) in [6.45, 7) is 4.30. The Hall–Kier alpha value is -2.95. The Morgan fingerprint density at radius 1 is 0.923 bits per heavy atom. The third kappa shape index (κ3) is 5.02. The van der Waals surface area contributed by atoms with Crippen molar-refractivity contribution in [2.45, 2.75) is 33.1 Å². The molecule has 136 valence electrons. The number of aliphatic carboxylic acids is 1. The monoisotopic (exact) mass is 353 g/mol. The van der Waals surface area contributed by atoms with Gasteiger partial charge in [-0.05, 0) is 49.9 Å². The van der Waals surface area contributed by atoms with Gasteiger partial charge >= 0.3 is 5.97 Å². The van der Waals surface area contributed by atoms with Gasteiger partial charge < -0.3 is 10.4 Å². The molecule has 0 fully saturated rings. The number of benzene rings is 2. The Morgan fingerprint density at radius 2 is 1.62 bits per heavy atom. The molecule has 5 nitrogen and oxygen atoms in total. The molecular formula is C21H23NO4. The van der Waals surface area contributed by atoms with Gasteiger partial charge in [0, 0.05) is 24.1 Å². The van der Waals surface area contributed by atoms with Crippen molar-refractivity contribution in [1.82, 2.24) is 5.32 Å². The number of aryl methyl sites for hydroxylation is 2. The molecule has 1 amide bonds. The van der Waals surface area contributed by atoms with Gasteiger partial charge in [-0.25, -0.2) is 0 Å². The second-order valence-electron chi connectivity index (χ2n) is 6.28. The maximum atomic E-state index is 12.8. The van der Waals surface area contributed by atoms with Crippen LogP contribution in [0.4, 0.5) is 0 Å². The quantitative estimate of drug-likeness (QED) is 0.562. The Labute approximate surface area is 153 Å². The van der Waals surface area contributed by atoms with Gasteiger partial charge in [0.05, 0.1) is 5.56 Å². The zero-order chi connectivity index (χ0) is 19.1. The summed E-state index contributed by atoms with van der Waals surface area (Å²) in [5.74, 6) is -1.36. The van der Waals surface area contributed by atoms with Crippen molar-refractivity contribution in [2.24, 2.45) is 0 Å². The van der Waals surface area contributed by atoms with Crippen molar-refractivity contribution in [3.05, 3.63) is 70.3 Å². The van der Waals surface area contributed by atoms with Crippen molar-refractivity contribution in [1.29, 1.82) is 0 Å². The lowest BCUT2D eigenvalue weighted by atomic mass is 9.95. The average Bonchev–Trinajstić information content (AvgIpc) is 2.62. The first kappa shape index (κ1) is 19.4. The summed E-state index contributed by atoms with van der Waals surface area (Å²) >= 11 is 0. The van der Waals surface area contributed by atoms with Crippen molar-refractivity contribution >= 4 is 17.7 Å². The molecule has 0 unspecified atom stereocenters. The topological polar surface area (TPSA) is 83.5 Å². The maximum absolute atomic E-state index is 12.8. The van der Waals surface area contributed by atoms with E-state index in [1.54, 1.807) is 30.3 Å². The summed E-state index contributed by atoms with van der Waals surface area (Å²) in [6.07, 6.45) is 1.15. The number of carboxylic acid groups (broad SMARTS) is 1. The molecule has 26 heavy (non-hydrogen) atoms. The number of rotatable bonds is 8. The lowest BCUT2D eigenvalue weighted by Gasteiger charge is -2.10. The molecule has 0 saturated heterocycles. The lowest BCUT2D eigenvalue weighted by molar-refractivity contribution is -0.137. The van der Waals surface area contributed by atoms with E-state index in [1.807, 2.05) is 26.0 Å². The molecule has 0 bridgehead atoms. The van der Waals surface area contributed by atoms with Crippen LogP contribution in [0.1, 0.15) is 56.7 Å². The normalized spacial score (nSPS) is 10.4. The van der Waals surface area contributed by atoms with E-state index in [2.05, 4.69) is 5.32 Å². The number of nitrogens with one attached hydrogen (secondary N) is 1. The fraction of sp³-hybridized carbons (Fsp3) is 0.286. The van der Waals surface area contributed by atoms with Crippen LogP contribution < -0.4 is 5.32 Å². The molecule has 2 N–H and O–H groups in total. The Morgan fingerprint density at radius 3 is 2.27 bits per heavy atom. The molecular weight excluding hydrogens is 330 g/mol. The molecule has 0 atom stereocenters. The molecule has 0 radical (unpaired) electrons. The van der Waals surface area contributed by atoms with Crippen LogP contribution >= 0.6 is 0 Å². The van der Waals surface area contributed by atoms with E-state index >= 15 is 0 Å². The molecule has 0 aliphatic carbocycles. The van der Waals surface area contributed by atoms with Gasteiger partial charge in [0.25, 0.3) is 5.91 Å². The van der Waals surface area contributed by atoms with Gasteiger partial charge in [-0.1, -0.05) is 30.3 Å². The number of carboxylic acids is 1. The number of unbranched alkanes of at least 4 members (excludes halogenated alkanes) is 1. The molecule has 0 saturated carbocycles. The maximum Gasteiger partial charge on any atom is 0.303 e. The number of hydrogen-bond donors (Lipinski definition) is 2. The first-order valence-corrected chi connectivity index (χ1v) is 8.61. The van der Waals surface area contributed by atoms with Gasteiger partial charge in [0.1, 0.15) is 0 Å². The van der Waals surface area contributed by atoms with Crippen molar-refractivity contribution in [3.63, 3.8) is 0 Å². The second kappa shape index (κ2) is 8.94. The number of carbonyl (C=O) groups excluding carboxylic acids is 2. The van der Waals surface area contributed by atoms with Gasteiger partial charge in [-0.3, -0.25) is 14.4 Å². The van der Waals surface area contributed by atoms with Crippen LogP contribution in [0.3, 0.4) is 0 Å². The number of carbonyl (C=O) groups is 3. The van der Waals surface area contributed by atoms with E-state index in [-0.39, 0.29) is 18.1 Å². The fourth-order valence-electron chi connectivity index (χ4n) is 2.62. The van der Waals surface area contributed by atoms with Crippen molar-refractivity contribution in [2.75, 3.05) is 6.54 Å². The van der Waals surface area contributed by atoms with E-state index in [4.69, 9.17) is 5.11 Å². The highest BCUT2D eigenvalue weighted by atomic mass is 16.4. The van der Waals surface area contributed by atoms with Crippen LogP contribution in [-0.2, 0) is 4.79 Å². The van der Waals surface area contributed by atoms with Crippen LogP contribution in [0, 0.1) is 13.8 Å². The predicted molar refractivity (Wildman–Crippen MR) is 99.6 cm³/mol. The van der Waals surface area contributed by atoms with Crippen LogP contribution in [-0.4, -0.2) is 29.3 Å². The van der Waals surface area contributed by atoms with E-state index in [1.165, 1.54) is 0 Å². The summed E-state index contributed by atoms with van der Waals surface area (Å²) in [4.78, 5) is 35.8. The van der Waals surface area contributed by atoms with Crippen LogP contribution in [0.5, 0.6) is 0 Å². The zero-order valence-electron chi connectivity index (χ0n) is 15.0. The Balaban J connectivity index is 2.11. The first-order chi connectivity index (χ1) is 12.4. The van der Waals surface area contributed by atoms with Gasteiger partial charge in [0.15, 0.2) is 5.78 Å². The highest BCUT2D eigenvalue weighted by Gasteiger charge is 2.18. The fourth-order valence-corrected chi connectivity index (χ4v) is 2.62. The summed E-state index contributed by atoms with van der Waals surface area (Å²) in [6, 6.07) is 12.2. The van der Waals surface area contributed by atoms with Gasteiger partial charge in [0.2, 0.25) is 0 Å². The van der Waals surface area contributed by atoms with Crippen LogP contribution in [0.25, 0.3) is 0 Å². The van der Waals surface area contributed by atoms with E-state index in [0.29, 0.717) is 36.1 Å². The number of amides is 1. The number of ketones is 1. The third-order valence-corrected chi connectivity index (χ3v) is 4.29. The largest absolute Gasteiger partial charge is 0.481 e. The minimum absolute atomic E-state index is 0.0811. The summed E-state index contributed by atoms with van der Waals surface area (Å²) in [5.41, 5.74) is 3.37. The molecule has 0 heterocycles. The second-order valence-corrected chi connectivity index (χ2v) is 6.28. The van der Waals surface area contributed by atoms with E-state index < -0.39 is 5.97 Å². The summed E-state index contributed by atoms with van der Waals surface area (Å²) in [7, 11) is 0. The molecule has 5 heteroatoms. The Kier molecular flexibility index (Phi) is 6.67. The third-order valence-electron chi connectivity index (χ3n) is 4.29. The molecule has 2 aromatic rings. The molecule has 2 rings (SSSR count). The van der Waals surface area contributed by atoms with Crippen LogP contribution in [0.15, 0.2) is 42.5 Å². The minimum Gasteiger partial charge on any atom is -0.481 e. The molecule has 0 aliphatic heterocycles. The first-order valence-electron chi connectivity index (χ1n) is 8.61. The Bertz CT molecular complexity index is 827. The molecule has 0 aliphatic rings. The summed E-state index contributed by atoms with van der Waals surface area (Å²) in [5, 5.41) is 11.4. The zero-order valence-corrected chi connectivity index (χ0v) is 15.0. The predicted octanol–water partition coefficient (Wildman–Crippen LogP) is 3.52. The number of hydrogen-bond acceptors (Lipinski definition) is 3. The summed E-state index contributed by atoms with van der Waals surface area (Å²) < 4.78 is 0. The molecule has 0 spiro atoms. The van der Waals surface area contributed by atoms with Crippen molar-refractivity contribution < 1.29 is 19.5 Å². The smallest absolute Gasteiger partial charge is 0.303 e. The minimum atomic E-state index is -0.847. The highest BCUT2D eigenvalue weighted by molar-refractivity contribution is 6.15. The molecule has 2 aromatic carbocycles. The van der Waals surface area contributed by atoms with Crippen molar-refractivity contribution in [3.8, 4) is 0 Å². The standard InChI is InChI=1S/C21H23NO4/c1-14-10-11-16(13-15(14)2)20(25)17-7-3-4-8-18(17)21(26)22-12-6-5-9-19(23)24/h3-4,7-8,10-11,13H,5-6,9,12H2,1-2H3,(H,22,26)(H,23,24). The highest BCUT2D eigenvalue weighted by Crippen LogP contribution is 2.17. The van der Waals surface area contributed by atoms with E-state index in [0.717, 1.165) is 11.1 Å². The molecule has 0 aromatic heterocycles. The van der Waals surface area contributed by atoms with Crippen LogP contribution in [0.2, 0.25) is 0 Å². The van der Waals surface area contributed by atoms with E-state index in [9.17, 15) is 14.4 Å².